The predicted molar refractivity (Wildman–Crippen MR) is 128 cm³/mol. The maximum Gasteiger partial charge on any atom is 0.271 e. The summed E-state index contributed by atoms with van der Waals surface area (Å²) >= 11 is 1.56. The second kappa shape index (κ2) is 9.71. The summed E-state index contributed by atoms with van der Waals surface area (Å²) in [6, 6.07) is 18.8. The fourth-order valence-corrected chi connectivity index (χ4v) is 3.66. The number of amides is 2. The molecule has 5 nitrogen and oxygen atoms in total. The Morgan fingerprint density at radius 2 is 1.58 bits per heavy atom. The normalized spacial score (nSPS) is 11.8. The molecular formula is C25H27N3O2S. The summed E-state index contributed by atoms with van der Waals surface area (Å²) in [5, 5.41) is 9.06. The van der Waals surface area contributed by atoms with Gasteiger partial charge in [-0.25, -0.2) is 5.43 Å². The first-order chi connectivity index (χ1) is 14.7. The van der Waals surface area contributed by atoms with E-state index in [0.717, 1.165) is 16.1 Å². The molecule has 2 N–H and O–H groups in total. The van der Waals surface area contributed by atoms with Crippen molar-refractivity contribution in [1.29, 1.82) is 0 Å². The van der Waals surface area contributed by atoms with Crippen molar-refractivity contribution in [2.75, 3.05) is 5.32 Å². The average molecular weight is 434 g/mol. The molecule has 0 bridgehead atoms. The van der Waals surface area contributed by atoms with Gasteiger partial charge in [-0.15, -0.1) is 11.3 Å². The van der Waals surface area contributed by atoms with Crippen LogP contribution in [-0.2, 0) is 16.6 Å². The number of hydrazone groups is 1. The van der Waals surface area contributed by atoms with Gasteiger partial charge in [0.2, 0.25) is 5.91 Å². The van der Waals surface area contributed by atoms with Crippen LogP contribution in [0, 0.1) is 0 Å². The van der Waals surface area contributed by atoms with E-state index in [1.807, 2.05) is 73.0 Å². The van der Waals surface area contributed by atoms with Crippen molar-refractivity contribution < 1.29 is 9.59 Å². The van der Waals surface area contributed by atoms with Gasteiger partial charge in [-0.3, -0.25) is 9.59 Å². The zero-order chi connectivity index (χ0) is 22.4. The van der Waals surface area contributed by atoms with E-state index in [4.69, 9.17) is 0 Å². The number of nitrogens with zero attached hydrogens (tertiary/aromatic N) is 1. The van der Waals surface area contributed by atoms with Gasteiger partial charge >= 0.3 is 0 Å². The SMILES string of the molecule is C/C(=N\NC(=O)c1ccc(C(C)(C)C)cc1)c1ccc(NC(=O)Cc2cccs2)cc1. The smallest absolute Gasteiger partial charge is 0.271 e. The van der Waals surface area contributed by atoms with E-state index in [1.165, 1.54) is 5.56 Å². The van der Waals surface area contributed by atoms with Gasteiger partial charge in [-0.2, -0.15) is 5.10 Å². The van der Waals surface area contributed by atoms with Gasteiger partial charge in [0.05, 0.1) is 12.1 Å². The van der Waals surface area contributed by atoms with Crippen LogP contribution in [0.25, 0.3) is 0 Å². The molecular weight excluding hydrogens is 406 g/mol. The largest absolute Gasteiger partial charge is 0.326 e. The summed E-state index contributed by atoms with van der Waals surface area (Å²) in [7, 11) is 0. The maximum atomic E-state index is 12.4. The molecule has 6 heteroatoms. The highest BCUT2D eigenvalue weighted by Crippen LogP contribution is 2.22. The number of hydrogen-bond acceptors (Lipinski definition) is 4. The third-order valence-corrected chi connectivity index (χ3v) is 5.72. The van der Waals surface area contributed by atoms with Gasteiger partial charge in [0.1, 0.15) is 0 Å². The van der Waals surface area contributed by atoms with E-state index in [1.54, 1.807) is 11.3 Å². The van der Waals surface area contributed by atoms with E-state index in [2.05, 4.69) is 36.6 Å². The Hall–Kier alpha value is -3.25. The quantitative estimate of drug-likeness (QED) is 0.405. The van der Waals surface area contributed by atoms with Crippen molar-refractivity contribution in [2.24, 2.45) is 5.10 Å². The molecule has 0 spiro atoms. The highest BCUT2D eigenvalue weighted by Gasteiger charge is 2.14. The minimum Gasteiger partial charge on any atom is -0.326 e. The minimum absolute atomic E-state index is 0.0410. The van der Waals surface area contributed by atoms with Gasteiger partial charge in [-0.05, 0) is 59.2 Å². The van der Waals surface area contributed by atoms with E-state index >= 15 is 0 Å². The average Bonchev–Trinajstić information content (AvgIpc) is 3.24. The lowest BCUT2D eigenvalue weighted by atomic mass is 9.87. The molecule has 0 aliphatic heterocycles. The fraction of sp³-hybridized carbons (Fsp3) is 0.240. The van der Waals surface area contributed by atoms with Crippen LogP contribution in [0.5, 0.6) is 0 Å². The van der Waals surface area contributed by atoms with E-state index in [0.29, 0.717) is 17.7 Å². The highest BCUT2D eigenvalue weighted by molar-refractivity contribution is 7.10. The summed E-state index contributed by atoms with van der Waals surface area (Å²) in [5.41, 5.74) is 6.65. The van der Waals surface area contributed by atoms with Crippen LogP contribution in [0.2, 0.25) is 0 Å². The number of hydrogen-bond donors (Lipinski definition) is 2. The standard InChI is InChI=1S/C25H27N3O2S/c1-17(27-28-24(30)19-7-11-20(12-8-19)25(2,3)4)18-9-13-21(14-10-18)26-23(29)16-22-6-5-15-31-22/h5-15H,16H2,1-4H3,(H,26,29)(H,28,30)/b27-17+. The molecule has 2 amide bonds. The summed E-state index contributed by atoms with van der Waals surface area (Å²) in [6.45, 7) is 8.23. The van der Waals surface area contributed by atoms with Gasteiger partial charge in [0.25, 0.3) is 5.91 Å². The first-order valence-corrected chi connectivity index (χ1v) is 11.0. The van der Waals surface area contributed by atoms with Gasteiger partial charge in [0.15, 0.2) is 0 Å². The third kappa shape index (κ3) is 6.36. The van der Waals surface area contributed by atoms with E-state index in [9.17, 15) is 9.59 Å². The number of anilines is 1. The number of rotatable bonds is 6. The number of carbonyl (C=O) groups is 2. The zero-order valence-corrected chi connectivity index (χ0v) is 19.0. The van der Waals surface area contributed by atoms with Gasteiger partial charge in [0, 0.05) is 16.1 Å². The Bertz CT molecular complexity index is 1060. The summed E-state index contributed by atoms with van der Waals surface area (Å²) < 4.78 is 0. The maximum absolute atomic E-state index is 12.4. The van der Waals surface area contributed by atoms with Crippen molar-refractivity contribution in [3.63, 3.8) is 0 Å². The van der Waals surface area contributed by atoms with Crippen molar-refractivity contribution in [1.82, 2.24) is 5.43 Å². The first-order valence-electron chi connectivity index (χ1n) is 10.1. The molecule has 0 aliphatic carbocycles. The number of carbonyl (C=O) groups excluding carboxylic acids is 2. The van der Waals surface area contributed by atoms with Crippen molar-refractivity contribution in [2.45, 2.75) is 39.5 Å². The Morgan fingerprint density at radius 3 is 2.16 bits per heavy atom. The topological polar surface area (TPSA) is 70.6 Å². The van der Waals surface area contributed by atoms with Gasteiger partial charge in [-0.1, -0.05) is 51.1 Å². The lowest BCUT2D eigenvalue weighted by Gasteiger charge is -2.18. The van der Waals surface area contributed by atoms with Crippen LogP contribution in [0.15, 0.2) is 71.1 Å². The Kier molecular flexibility index (Phi) is 7.02. The molecule has 3 rings (SSSR count). The Balaban J connectivity index is 1.57. The van der Waals surface area contributed by atoms with Crippen LogP contribution < -0.4 is 10.7 Å². The molecule has 0 saturated heterocycles. The molecule has 3 aromatic rings. The van der Waals surface area contributed by atoms with E-state index in [-0.39, 0.29) is 17.2 Å². The summed E-state index contributed by atoms with van der Waals surface area (Å²) in [5.74, 6) is -0.303. The zero-order valence-electron chi connectivity index (χ0n) is 18.2. The Morgan fingerprint density at radius 1 is 0.935 bits per heavy atom. The molecule has 0 fully saturated rings. The molecule has 1 aromatic heterocycles. The van der Waals surface area contributed by atoms with Crippen LogP contribution in [0.4, 0.5) is 5.69 Å². The molecule has 0 saturated carbocycles. The molecule has 31 heavy (non-hydrogen) atoms. The number of nitrogens with one attached hydrogen (secondary N) is 2. The number of thiophene rings is 1. The molecule has 2 aromatic carbocycles. The molecule has 0 radical (unpaired) electrons. The van der Waals surface area contributed by atoms with Gasteiger partial charge < -0.3 is 5.32 Å². The number of benzene rings is 2. The second-order valence-electron chi connectivity index (χ2n) is 8.35. The summed E-state index contributed by atoms with van der Waals surface area (Å²) in [4.78, 5) is 25.5. The Labute approximate surface area is 187 Å². The third-order valence-electron chi connectivity index (χ3n) is 4.84. The molecule has 0 unspecified atom stereocenters. The summed E-state index contributed by atoms with van der Waals surface area (Å²) in [6.07, 6.45) is 0.364. The fourth-order valence-electron chi connectivity index (χ4n) is 2.96. The van der Waals surface area contributed by atoms with Crippen LogP contribution >= 0.6 is 11.3 Å². The highest BCUT2D eigenvalue weighted by atomic mass is 32.1. The van der Waals surface area contributed by atoms with Crippen molar-refractivity contribution in [3.05, 3.63) is 87.6 Å². The van der Waals surface area contributed by atoms with Crippen LogP contribution in [-0.4, -0.2) is 17.5 Å². The first kappa shape index (κ1) is 22.4. The molecule has 0 aliphatic rings. The monoisotopic (exact) mass is 433 g/mol. The van der Waals surface area contributed by atoms with Crippen LogP contribution in [0.3, 0.4) is 0 Å². The van der Waals surface area contributed by atoms with Crippen molar-refractivity contribution in [3.8, 4) is 0 Å². The van der Waals surface area contributed by atoms with E-state index < -0.39 is 0 Å². The predicted octanol–water partition coefficient (Wildman–Crippen LogP) is 5.38. The van der Waals surface area contributed by atoms with Crippen molar-refractivity contribution >= 4 is 34.6 Å². The molecule has 160 valence electrons. The minimum atomic E-state index is -0.253. The van der Waals surface area contributed by atoms with Crippen LogP contribution in [0.1, 0.15) is 54.1 Å². The lowest BCUT2D eigenvalue weighted by Crippen LogP contribution is -2.20. The molecule has 1 heterocycles. The molecule has 0 atom stereocenters. The second-order valence-corrected chi connectivity index (χ2v) is 9.38. The lowest BCUT2D eigenvalue weighted by molar-refractivity contribution is -0.115.